The van der Waals surface area contributed by atoms with Crippen molar-refractivity contribution >= 4 is 15.8 Å². The van der Waals surface area contributed by atoms with E-state index in [2.05, 4.69) is 26.5 Å². The number of aromatic nitrogens is 2. The number of carbonyl (C=O) groups is 1. The molecule has 12 nitrogen and oxygen atoms in total. The molecule has 3 fully saturated rings. The van der Waals surface area contributed by atoms with E-state index in [4.69, 9.17) is 9.47 Å². The number of aliphatic hydroxyl groups is 1. The fourth-order valence-electron chi connectivity index (χ4n) is 7.28. The molecule has 3 aliphatic rings. The monoisotopic (exact) mass is 620 g/mol. The molecule has 4 heterocycles. The molecule has 238 valence electrons. The molecule has 0 spiro atoms. The van der Waals surface area contributed by atoms with Crippen LogP contribution in [0.2, 0.25) is 0 Å². The maximum Gasteiger partial charge on any atom is 0.415 e. The summed E-state index contributed by atoms with van der Waals surface area (Å²) >= 11 is 0. The molecule has 1 aromatic carbocycles. The Morgan fingerprint density at radius 2 is 1.95 bits per heavy atom. The molecule has 0 saturated carbocycles. The molecule has 1 aromatic heterocycles. The van der Waals surface area contributed by atoms with Crippen molar-refractivity contribution in [2.24, 2.45) is 11.8 Å². The summed E-state index contributed by atoms with van der Waals surface area (Å²) in [4.78, 5) is 17.6. The van der Waals surface area contributed by atoms with E-state index in [-0.39, 0.29) is 22.8 Å². The van der Waals surface area contributed by atoms with Crippen LogP contribution in [0.1, 0.15) is 64.7 Å². The summed E-state index contributed by atoms with van der Waals surface area (Å²) in [6.07, 6.45) is 8.16. The maximum absolute atomic E-state index is 12.9. The van der Waals surface area contributed by atoms with Gasteiger partial charge in [0.1, 0.15) is 19.3 Å². The highest BCUT2D eigenvalue weighted by Gasteiger charge is 2.48. The van der Waals surface area contributed by atoms with Crippen molar-refractivity contribution in [2.75, 3.05) is 39.4 Å². The molecule has 43 heavy (non-hydrogen) atoms. The molecular weight excluding hydrogens is 576 g/mol. The van der Waals surface area contributed by atoms with Crippen LogP contribution < -0.4 is 9.64 Å². The largest absolute Gasteiger partial charge is 0.463 e. The van der Waals surface area contributed by atoms with E-state index in [0.29, 0.717) is 18.0 Å². The van der Waals surface area contributed by atoms with Crippen LogP contribution in [0.4, 0.5) is 0 Å². The van der Waals surface area contributed by atoms with Gasteiger partial charge in [0.25, 0.3) is 9.84 Å². The van der Waals surface area contributed by atoms with Crippen molar-refractivity contribution < 1.29 is 37.3 Å². The van der Waals surface area contributed by atoms with Gasteiger partial charge in [-0.15, -0.1) is 0 Å². The molecule has 3 aliphatic heterocycles. The third kappa shape index (κ3) is 7.33. The minimum Gasteiger partial charge on any atom is -0.463 e. The SMILES string of the molecule is CCCCN1CC2CCCN3CCCC(C1CCCC(=O)OCC(O)COc1no[n+]([O-])c1S(=O)(=O)c1ccccc1)C23. The number of piperidine rings is 3. The first-order valence-electron chi connectivity index (χ1n) is 15.6. The van der Waals surface area contributed by atoms with Gasteiger partial charge in [0.05, 0.1) is 10.1 Å². The highest BCUT2D eigenvalue weighted by Crippen LogP contribution is 2.43. The smallest absolute Gasteiger partial charge is 0.415 e. The fraction of sp³-hybridized carbons (Fsp3) is 0.700. The lowest BCUT2D eigenvalue weighted by Crippen LogP contribution is -2.64. The lowest BCUT2D eigenvalue weighted by atomic mass is 9.69. The minimum absolute atomic E-state index is 0.136. The van der Waals surface area contributed by atoms with E-state index < -0.39 is 39.4 Å². The second-order valence-electron chi connectivity index (χ2n) is 12.0. The second-order valence-corrected chi connectivity index (χ2v) is 13.9. The Kier molecular flexibility index (Phi) is 10.6. The fourth-order valence-corrected chi connectivity index (χ4v) is 8.57. The van der Waals surface area contributed by atoms with Gasteiger partial charge in [0, 0.05) is 25.0 Å². The molecule has 0 radical (unpaired) electrons. The second kappa shape index (κ2) is 14.4. The van der Waals surface area contributed by atoms with Crippen LogP contribution in [-0.4, -0.2) is 92.0 Å². The Bertz CT molecular complexity index is 1300. The van der Waals surface area contributed by atoms with Crippen molar-refractivity contribution in [3.8, 4) is 5.88 Å². The number of hydrogen-bond acceptors (Lipinski definition) is 11. The topological polar surface area (TPSA) is 149 Å². The van der Waals surface area contributed by atoms with Crippen molar-refractivity contribution in [1.82, 2.24) is 15.0 Å². The van der Waals surface area contributed by atoms with Gasteiger partial charge in [-0.25, -0.2) is 8.42 Å². The third-order valence-corrected chi connectivity index (χ3v) is 10.9. The molecule has 0 bridgehead atoms. The molecule has 0 amide bonds. The van der Waals surface area contributed by atoms with E-state index in [1.807, 2.05) is 0 Å². The zero-order valence-electron chi connectivity index (χ0n) is 24.9. The highest BCUT2D eigenvalue weighted by atomic mass is 32.2. The Labute approximate surface area is 253 Å². The van der Waals surface area contributed by atoms with E-state index in [9.17, 15) is 23.5 Å². The Hall–Kier alpha value is -2.74. The van der Waals surface area contributed by atoms with Crippen LogP contribution in [0.25, 0.3) is 0 Å². The van der Waals surface area contributed by atoms with Crippen LogP contribution >= 0.6 is 0 Å². The standard InChI is InChI=1S/C30H44N4O8S/c1-2-3-16-33-19-22-10-8-17-32-18-9-13-25(28(22)32)26(33)14-7-15-27(36)40-20-23(35)21-41-29-30(34(37)42-31-29)43(38,39)24-11-5-4-6-12-24/h4-6,11-12,22-23,25-26,28,35H,2-3,7-10,13-21H2,1H3. The number of sulfone groups is 1. The van der Waals surface area contributed by atoms with E-state index in [0.717, 1.165) is 31.8 Å². The van der Waals surface area contributed by atoms with Gasteiger partial charge >= 0.3 is 16.9 Å². The molecule has 1 N–H and O–H groups in total. The van der Waals surface area contributed by atoms with Gasteiger partial charge < -0.3 is 19.8 Å². The van der Waals surface area contributed by atoms with Gasteiger partial charge in [-0.3, -0.25) is 19.2 Å². The quantitative estimate of drug-likeness (QED) is 0.245. The summed E-state index contributed by atoms with van der Waals surface area (Å²) in [7, 11) is -4.28. The Morgan fingerprint density at radius 3 is 2.72 bits per heavy atom. The lowest BCUT2D eigenvalue weighted by Gasteiger charge is -2.57. The molecule has 5 rings (SSSR count). The first-order valence-corrected chi connectivity index (χ1v) is 17.1. The highest BCUT2D eigenvalue weighted by molar-refractivity contribution is 7.91. The molecular formula is C30H44N4O8S. The molecule has 3 saturated heterocycles. The summed E-state index contributed by atoms with van der Waals surface area (Å²) in [6, 6.07) is 8.48. The lowest BCUT2D eigenvalue weighted by molar-refractivity contribution is -0.832. The van der Waals surface area contributed by atoms with Crippen LogP contribution in [0.5, 0.6) is 5.88 Å². The van der Waals surface area contributed by atoms with Gasteiger partial charge in [-0.2, -0.15) is 0 Å². The van der Waals surface area contributed by atoms with Crippen molar-refractivity contribution in [2.45, 2.75) is 92.8 Å². The van der Waals surface area contributed by atoms with E-state index in [1.54, 1.807) is 6.07 Å². The van der Waals surface area contributed by atoms with E-state index >= 15 is 0 Å². The van der Waals surface area contributed by atoms with Crippen molar-refractivity contribution in [1.29, 1.82) is 0 Å². The number of aliphatic hydroxyl groups excluding tert-OH is 1. The molecule has 2 aromatic rings. The number of esters is 1. The molecule has 13 heteroatoms. The van der Waals surface area contributed by atoms with E-state index in [1.165, 1.54) is 75.9 Å². The summed E-state index contributed by atoms with van der Waals surface area (Å²) in [5.41, 5.74) is 0. The maximum atomic E-state index is 12.9. The number of nitrogens with zero attached hydrogens (tertiary/aromatic N) is 4. The average Bonchev–Trinajstić information content (AvgIpc) is 3.40. The van der Waals surface area contributed by atoms with Crippen LogP contribution in [0.15, 0.2) is 44.9 Å². The number of hydrogen-bond donors (Lipinski definition) is 1. The number of rotatable bonds is 14. The summed E-state index contributed by atoms with van der Waals surface area (Å²) in [5, 5.41) is 24.9. The summed E-state index contributed by atoms with van der Waals surface area (Å²) < 4.78 is 40.8. The summed E-state index contributed by atoms with van der Waals surface area (Å²) in [6.45, 7) is 6.16. The third-order valence-electron chi connectivity index (χ3n) is 9.16. The Balaban J connectivity index is 1.09. The first-order chi connectivity index (χ1) is 20.8. The number of likely N-dealkylation sites (tertiary alicyclic amines) is 1. The number of ether oxygens (including phenoxy) is 2. The zero-order chi connectivity index (χ0) is 30.4. The van der Waals surface area contributed by atoms with Crippen molar-refractivity contribution in [3.05, 3.63) is 35.5 Å². The molecule has 5 unspecified atom stereocenters. The average molecular weight is 621 g/mol. The first kappa shape index (κ1) is 31.7. The predicted molar refractivity (Wildman–Crippen MR) is 155 cm³/mol. The number of carbonyl (C=O) groups excluding carboxylic acids is 1. The van der Waals surface area contributed by atoms with Crippen LogP contribution in [-0.2, 0) is 19.4 Å². The number of benzene rings is 1. The Morgan fingerprint density at radius 1 is 1.19 bits per heavy atom. The van der Waals surface area contributed by atoms with Gasteiger partial charge in [-0.1, -0.05) is 31.5 Å². The normalized spacial score (nSPS) is 25.2. The minimum atomic E-state index is -4.28. The molecule has 5 atom stereocenters. The van der Waals surface area contributed by atoms with Crippen molar-refractivity contribution in [3.63, 3.8) is 0 Å². The zero-order valence-corrected chi connectivity index (χ0v) is 25.7. The van der Waals surface area contributed by atoms with Gasteiger partial charge in [0.2, 0.25) is 0 Å². The predicted octanol–water partition coefficient (Wildman–Crippen LogP) is 2.57. The van der Waals surface area contributed by atoms with Crippen LogP contribution in [0, 0.1) is 17.0 Å². The van der Waals surface area contributed by atoms with Crippen LogP contribution in [0.3, 0.4) is 0 Å². The number of unbranched alkanes of at least 4 members (excludes halogenated alkanes) is 1. The summed E-state index contributed by atoms with van der Waals surface area (Å²) in [5.74, 6) is 0.429. The van der Waals surface area contributed by atoms with Gasteiger partial charge in [-0.05, 0) is 93.5 Å². The van der Waals surface area contributed by atoms with Gasteiger partial charge in [0.15, 0.2) is 0 Å². The molecule has 0 aliphatic carbocycles.